The molecule has 0 aromatic rings. The summed E-state index contributed by atoms with van der Waals surface area (Å²) in [5.74, 6) is 0. The quantitative estimate of drug-likeness (QED) is 0.534. The molecule has 2 unspecified atom stereocenters. The zero-order chi connectivity index (χ0) is 7.78. The van der Waals surface area contributed by atoms with Crippen LogP contribution in [0.5, 0.6) is 0 Å². The van der Waals surface area contributed by atoms with Gasteiger partial charge in [0.05, 0.1) is 11.5 Å². The lowest BCUT2D eigenvalue weighted by atomic mass is 9.89. The Bertz CT molecular complexity index is 214. The molecule has 10 heavy (non-hydrogen) atoms. The number of nitriles is 1. The van der Waals surface area contributed by atoms with Crippen LogP contribution in [0.25, 0.3) is 0 Å². The second-order valence-corrected chi connectivity index (χ2v) is 4.50. The molecule has 0 amide bonds. The minimum atomic E-state index is -0.227. The lowest BCUT2D eigenvalue weighted by Crippen LogP contribution is -2.18. The van der Waals surface area contributed by atoms with E-state index in [0.717, 1.165) is 0 Å². The Morgan fingerprint density at radius 2 is 2.40 bits per heavy atom. The van der Waals surface area contributed by atoms with E-state index >= 15 is 0 Å². The molecule has 1 rings (SSSR count). The SMILES string of the molecule is CC1=CC(C)(C#N)C(C)S1. The summed E-state index contributed by atoms with van der Waals surface area (Å²) in [4.78, 5) is 1.27. The first-order valence-electron chi connectivity index (χ1n) is 3.36. The summed E-state index contributed by atoms with van der Waals surface area (Å²) in [6.07, 6.45) is 2.06. The maximum Gasteiger partial charge on any atom is 0.0854 e. The first-order chi connectivity index (χ1) is 4.58. The van der Waals surface area contributed by atoms with E-state index in [0.29, 0.717) is 5.25 Å². The number of hydrogen-bond acceptors (Lipinski definition) is 2. The van der Waals surface area contributed by atoms with Crippen molar-refractivity contribution in [1.82, 2.24) is 0 Å². The highest BCUT2D eigenvalue weighted by Gasteiger charge is 2.34. The monoisotopic (exact) mass is 153 g/mol. The normalized spacial score (nSPS) is 39.0. The summed E-state index contributed by atoms with van der Waals surface area (Å²) < 4.78 is 0. The summed E-state index contributed by atoms with van der Waals surface area (Å²) in [6, 6.07) is 2.32. The summed E-state index contributed by atoms with van der Waals surface area (Å²) in [5, 5.41) is 9.22. The van der Waals surface area contributed by atoms with Crippen molar-refractivity contribution in [3.63, 3.8) is 0 Å². The van der Waals surface area contributed by atoms with E-state index in [4.69, 9.17) is 5.26 Å². The zero-order valence-corrected chi connectivity index (χ0v) is 7.33. The van der Waals surface area contributed by atoms with E-state index in [1.54, 1.807) is 11.8 Å². The van der Waals surface area contributed by atoms with Gasteiger partial charge in [-0.15, -0.1) is 11.8 Å². The van der Waals surface area contributed by atoms with Crippen LogP contribution in [-0.4, -0.2) is 5.25 Å². The number of allylic oxidation sites excluding steroid dienone is 2. The van der Waals surface area contributed by atoms with Gasteiger partial charge < -0.3 is 0 Å². The third-order valence-electron chi connectivity index (χ3n) is 1.95. The maximum absolute atomic E-state index is 8.81. The third kappa shape index (κ3) is 1.06. The molecule has 0 aliphatic carbocycles. The Morgan fingerprint density at radius 3 is 2.60 bits per heavy atom. The van der Waals surface area contributed by atoms with E-state index in [2.05, 4.69) is 26.0 Å². The zero-order valence-electron chi connectivity index (χ0n) is 6.51. The van der Waals surface area contributed by atoms with Crippen LogP contribution in [-0.2, 0) is 0 Å². The fourth-order valence-corrected chi connectivity index (χ4v) is 2.33. The largest absolute Gasteiger partial charge is 0.197 e. The fraction of sp³-hybridized carbons (Fsp3) is 0.625. The fourth-order valence-electron chi connectivity index (χ4n) is 1.10. The molecule has 1 heterocycles. The Kier molecular flexibility index (Phi) is 1.78. The van der Waals surface area contributed by atoms with Crippen LogP contribution in [0.15, 0.2) is 11.0 Å². The van der Waals surface area contributed by atoms with Gasteiger partial charge in [-0.3, -0.25) is 0 Å². The van der Waals surface area contributed by atoms with E-state index < -0.39 is 0 Å². The van der Waals surface area contributed by atoms with Gasteiger partial charge in [0.15, 0.2) is 0 Å². The van der Waals surface area contributed by atoms with Gasteiger partial charge in [0.25, 0.3) is 0 Å². The highest BCUT2D eigenvalue weighted by molar-refractivity contribution is 8.03. The molecule has 0 bridgehead atoms. The molecular formula is C8H11NS. The van der Waals surface area contributed by atoms with Gasteiger partial charge in [0.1, 0.15) is 0 Å². The number of rotatable bonds is 0. The average molecular weight is 153 g/mol. The molecule has 0 saturated carbocycles. The molecular weight excluding hydrogens is 142 g/mol. The third-order valence-corrected chi connectivity index (χ3v) is 3.28. The number of nitrogens with zero attached hydrogens (tertiary/aromatic N) is 1. The van der Waals surface area contributed by atoms with Gasteiger partial charge >= 0.3 is 0 Å². The predicted molar refractivity (Wildman–Crippen MR) is 44.5 cm³/mol. The molecule has 54 valence electrons. The van der Waals surface area contributed by atoms with Gasteiger partial charge in [-0.05, 0) is 18.8 Å². The lowest BCUT2D eigenvalue weighted by molar-refractivity contribution is 0.571. The van der Waals surface area contributed by atoms with Crippen molar-refractivity contribution < 1.29 is 0 Å². The number of thioether (sulfide) groups is 1. The smallest absolute Gasteiger partial charge is 0.0854 e. The van der Waals surface area contributed by atoms with E-state index in [1.807, 2.05) is 6.92 Å². The van der Waals surface area contributed by atoms with Gasteiger partial charge in [0.2, 0.25) is 0 Å². The van der Waals surface area contributed by atoms with Crippen molar-refractivity contribution in [1.29, 1.82) is 5.26 Å². The molecule has 0 aromatic heterocycles. The maximum atomic E-state index is 8.81. The Labute approximate surface area is 66.1 Å². The van der Waals surface area contributed by atoms with Crippen molar-refractivity contribution in [3.05, 3.63) is 11.0 Å². The van der Waals surface area contributed by atoms with Crippen LogP contribution < -0.4 is 0 Å². The van der Waals surface area contributed by atoms with Crippen molar-refractivity contribution in [2.75, 3.05) is 0 Å². The Balaban J connectivity index is 2.90. The second kappa shape index (κ2) is 2.32. The van der Waals surface area contributed by atoms with Crippen LogP contribution in [0, 0.1) is 16.7 Å². The summed E-state index contributed by atoms with van der Waals surface area (Å²) >= 11 is 1.79. The molecule has 0 fully saturated rings. The second-order valence-electron chi connectivity index (χ2n) is 2.91. The summed E-state index contributed by atoms with van der Waals surface area (Å²) in [6.45, 7) is 6.14. The predicted octanol–water partition coefficient (Wildman–Crippen LogP) is 2.56. The number of hydrogen-bond donors (Lipinski definition) is 0. The molecule has 0 saturated heterocycles. The molecule has 0 radical (unpaired) electrons. The molecule has 1 aliphatic heterocycles. The van der Waals surface area contributed by atoms with E-state index in [1.165, 1.54) is 4.91 Å². The molecule has 1 aliphatic rings. The molecule has 2 atom stereocenters. The van der Waals surface area contributed by atoms with Gasteiger partial charge in [0, 0.05) is 5.25 Å². The van der Waals surface area contributed by atoms with Crippen LogP contribution in [0.2, 0.25) is 0 Å². The van der Waals surface area contributed by atoms with Crippen molar-refractivity contribution in [2.45, 2.75) is 26.0 Å². The molecule has 0 aromatic carbocycles. The average Bonchev–Trinajstić information content (AvgIpc) is 2.09. The van der Waals surface area contributed by atoms with Gasteiger partial charge in [-0.1, -0.05) is 13.0 Å². The summed E-state index contributed by atoms with van der Waals surface area (Å²) in [5.41, 5.74) is -0.227. The standard InChI is InChI=1S/C8H11NS/c1-6-4-8(3,5-9)7(2)10-6/h4,7H,1-3H3. The van der Waals surface area contributed by atoms with E-state index in [9.17, 15) is 0 Å². The van der Waals surface area contributed by atoms with Crippen molar-refractivity contribution in [3.8, 4) is 6.07 Å². The van der Waals surface area contributed by atoms with E-state index in [-0.39, 0.29) is 5.41 Å². The lowest BCUT2D eigenvalue weighted by Gasteiger charge is -2.16. The highest BCUT2D eigenvalue weighted by atomic mass is 32.2. The van der Waals surface area contributed by atoms with Crippen molar-refractivity contribution in [2.24, 2.45) is 5.41 Å². The summed E-state index contributed by atoms with van der Waals surface area (Å²) in [7, 11) is 0. The minimum Gasteiger partial charge on any atom is -0.197 e. The van der Waals surface area contributed by atoms with Crippen molar-refractivity contribution >= 4 is 11.8 Å². The first-order valence-corrected chi connectivity index (χ1v) is 4.24. The van der Waals surface area contributed by atoms with Gasteiger partial charge in [-0.25, -0.2) is 0 Å². The van der Waals surface area contributed by atoms with Crippen LogP contribution in [0.1, 0.15) is 20.8 Å². The van der Waals surface area contributed by atoms with Crippen LogP contribution in [0.4, 0.5) is 0 Å². The topological polar surface area (TPSA) is 23.8 Å². The molecule has 0 spiro atoms. The Morgan fingerprint density at radius 1 is 1.80 bits per heavy atom. The first kappa shape index (κ1) is 7.68. The molecule has 2 heteroatoms. The molecule has 1 nitrogen and oxygen atoms in total. The molecule has 0 N–H and O–H groups in total. The van der Waals surface area contributed by atoms with Crippen LogP contribution in [0.3, 0.4) is 0 Å². The Hall–Kier alpha value is -0.420. The highest BCUT2D eigenvalue weighted by Crippen LogP contribution is 2.43. The minimum absolute atomic E-state index is 0.227. The van der Waals surface area contributed by atoms with Gasteiger partial charge in [-0.2, -0.15) is 5.26 Å². The van der Waals surface area contributed by atoms with Crippen LogP contribution >= 0.6 is 11.8 Å².